The largest absolute Gasteiger partial charge is 1.00 e. The van der Waals surface area contributed by atoms with E-state index in [0.717, 1.165) is 18.5 Å². The molecule has 1 unspecified atom stereocenters. The second-order valence-electron chi connectivity index (χ2n) is 8.94. The van der Waals surface area contributed by atoms with E-state index in [2.05, 4.69) is 59.2 Å². The second kappa shape index (κ2) is 7.30. The van der Waals surface area contributed by atoms with E-state index in [1.165, 1.54) is 48.0 Å². The zero-order valence-corrected chi connectivity index (χ0v) is 17.4. The fourth-order valence-electron chi connectivity index (χ4n) is 6.40. The third-order valence-electron chi connectivity index (χ3n) is 7.50. The van der Waals surface area contributed by atoms with Crippen LogP contribution in [0.1, 0.15) is 65.6 Å². The number of nitrogens with one attached hydrogen (secondary N) is 1. The van der Waals surface area contributed by atoms with Gasteiger partial charge in [0.2, 0.25) is 5.91 Å². The molecule has 4 heteroatoms. The summed E-state index contributed by atoms with van der Waals surface area (Å²) in [4.78, 5) is 14.6. The maximum absolute atomic E-state index is 12.8. The van der Waals surface area contributed by atoms with Crippen LogP contribution in [0.5, 0.6) is 0 Å². The average molecular weight is 407 g/mol. The van der Waals surface area contributed by atoms with Gasteiger partial charge in [0.05, 0.1) is 18.1 Å². The molecule has 1 aromatic heterocycles. The van der Waals surface area contributed by atoms with Crippen molar-refractivity contribution in [3.8, 4) is 0 Å². The van der Waals surface area contributed by atoms with Crippen molar-refractivity contribution in [3.05, 3.63) is 71.4 Å². The van der Waals surface area contributed by atoms with Gasteiger partial charge in [-0.15, -0.1) is 0 Å². The zero-order valence-electron chi connectivity index (χ0n) is 16.6. The maximum atomic E-state index is 12.8. The van der Waals surface area contributed by atoms with Crippen molar-refractivity contribution in [2.75, 3.05) is 6.54 Å². The number of hydrogen-bond donors (Lipinski definition) is 1. The lowest BCUT2D eigenvalue weighted by molar-refractivity contribution is -0.946. The first-order valence-electron chi connectivity index (χ1n) is 10.9. The first kappa shape index (κ1) is 18.9. The number of likely N-dealkylation sites (tertiary alicyclic amines) is 1. The Morgan fingerprint density at radius 1 is 1.00 bits per heavy atom. The number of para-hydroxylation sites is 1. The van der Waals surface area contributed by atoms with E-state index in [4.69, 9.17) is 0 Å². The molecule has 3 aromatic rings. The number of hydrogen-bond acceptors (Lipinski definition) is 1. The number of halogens is 1. The van der Waals surface area contributed by atoms with Gasteiger partial charge in [-0.25, -0.2) is 0 Å². The van der Waals surface area contributed by atoms with Gasteiger partial charge in [0.15, 0.2) is 0 Å². The topological polar surface area (TPSA) is 26.4 Å². The van der Waals surface area contributed by atoms with E-state index in [9.17, 15) is 4.79 Å². The number of quaternary nitrogens is 1. The Kier molecular flexibility index (Phi) is 4.76. The summed E-state index contributed by atoms with van der Waals surface area (Å²) in [5.41, 5.74) is 5.50. The molecule has 4 atom stereocenters. The summed E-state index contributed by atoms with van der Waals surface area (Å²) in [6.45, 7) is 2.40. The molecule has 0 radical (unpaired) electrons. The van der Waals surface area contributed by atoms with E-state index in [1.807, 2.05) is 0 Å². The van der Waals surface area contributed by atoms with Gasteiger partial charge in [0, 0.05) is 41.3 Å². The number of fused-ring (bicyclic) bond motifs is 5. The first-order chi connectivity index (χ1) is 13.8. The molecule has 0 saturated carbocycles. The van der Waals surface area contributed by atoms with Gasteiger partial charge in [-0.1, -0.05) is 48.5 Å². The third kappa shape index (κ3) is 2.86. The lowest BCUT2D eigenvalue weighted by atomic mass is 9.70. The van der Waals surface area contributed by atoms with Crippen molar-refractivity contribution in [2.45, 2.75) is 56.5 Å². The second-order valence-corrected chi connectivity index (χ2v) is 8.94. The van der Waals surface area contributed by atoms with Crippen LogP contribution in [0.4, 0.5) is 0 Å². The molecular weight excluding hydrogens is 380 g/mol. The standard InChI is InChI=1S/C25H26N2O.ClH/c28-23-13-12-18-15-22-20(10-6-14-26(22)16-17-7-2-1-3-8-17)24-19-9-4-5-11-21(19)27(23)25(18)24;/h1-5,7-9,11,18,20,22H,6,10,12-16H2;1H/t18-,20-,22-;/m0./s1. The van der Waals surface area contributed by atoms with Gasteiger partial charge in [-0.2, -0.15) is 0 Å². The molecule has 2 aliphatic heterocycles. The zero-order chi connectivity index (χ0) is 18.7. The van der Waals surface area contributed by atoms with Crippen molar-refractivity contribution < 1.29 is 22.1 Å². The Hall–Kier alpha value is -2.10. The average Bonchev–Trinajstić information content (AvgIpc) is 3.09. The highest BCUT2D eigenvalue weighted by Crippen LogP contribution is 2.49. The number of carbonyl (C=O) groups excluding carboxylic acids is 1. The van der Waals surface area contributed by atoms with Crippen LogP contribution in [0.15, 0.2) is 54.6 Å². The minimum Gasteiger partial charge on any atom is -1.00 e. The number of piperidine rings is 1. The van der Waals surface area contributed by atoms with Gasteiger partial charge in [0.1, 0.15) is 6.54 Å². The van der Waals surface area contributed by atoms with E-state index in [-0.39, 0.29) is 12.4 Å². The molecule has 3 nitrogen and oxygen atoms in total. The molecule has 0 spiro atoms. The fraction of sp³-hybridized carbons (Fsp3) is 0.400. The summed E-state index contributed by atoms with van der Waals surface area (Å²) in [6, 6.07) is 20.3. The van der Waals surface area contributed by atoms with Gasteiger partial charge in [-0.3, -0.25) is 9.36 Å². The van der Waals surface area contributed by atoms with Crippen molar-refractivity contribution in [2.24, 2.45) is 0 Å². The molecule has 6 rings (SSSR count). The molecule has 2 aromatic carbocycles. The summed E-state index contributed by atoms with van der Waals surface area (Å²) in [5.74, 6) is 1.44. The molecule has 150 valence electrons. The number of carbonyl (C=O) groups is 1. The molecule has 3 aliphatic rings. The Balaban J connectivity index is 0.00000181. The Labute approximate surface area is 178 Å². The van der Waals surface area contributed by atoms with Gasteiger partial charge >= 0.3 is 0 Å². The monoisotopic (exact) mass is 406 g/mol. The normalized spacial score (nSPS) is 27.8. The smallest absolute Gasteiger partial charge is 0.231 e. The van der Waals surface area contributed by atoms with Crippen LogP contribution in [-0.4, -0.2) is 23.1 Å². The van der Waals surface area contributed by atoms with Crippen molar-refractivity contribution in [3.63, 3.8) is 0 Å². The van der Waals surface area contributed by atoms with Crippen LogP contribution in [0.3, 0.4) is 0 Å². The number of rotatable bonds is 2. The van der Waals surface area contributed by atoms with Crippen molar-refractivity contribution in [1.82, 2.24) is 4.57 Å². The molecule has 0 bridgehead atoms. The SMILES string of the molecule is O=C1CC[C@H]2C[C@H]3[C@H](CCC[NH+]3Cc3ccccc3)c3c2n1c1ccccc31.[Cl-]. The van der Waals surface area contributed by atoms with Crippen molar-refractivity contribution >= 4 is 16.8 Å². The highest BCUT2D eigenvalue weighted by molar-refractivity contribution is 5.97. The third-order valence-corrected chi connectivity index (χ3v) is 7.50. The molecule has 1 fully saturated rings. The van der Waals surface area contributed by atoms with Crippen LogP contribution in [0.25, 0.3) is 10.9 Å². The molecule has 1 N–H and O–H groups in total. The highest BCUT2D eigenvalue weighted by Gasteiger charge is 2.47. The molecule has 1 saturated heterocycles. The molecule has 0 amide bonds. The van der Waals surface area contributed by atoms with Crippen LogP contribution in [-0.2, 0) is 6.54 Å². The van der Waals surface area contributed by atoms with Crippen LogP contribution in [0.2, 0.25) is 0 Å². The number of aromatic nitrogens is 1. The minimum atomic E-state index is 0. The molecule has 29 heavy (non-hydrogen) atoms. The van der Waals surface area contributed by atoms with Gasteiger partial charge in [0.25, 0.3) is 0 Å². The van der Waals surface area contributed by atoms with Crippen LogP contribution < -0.4 is 17.3 Å². The Morgan fingerprint density at radius 3 is 2.66 bits per heavy atom. The lowest BCUT2D eigenvalue weighted by Gasteiger charge is -2.45. The van der Waals surface area contributed by atoms with E-state index >= 15 is 0 Å². The summed E-state index contributed by atoms with van der Waals surface area (Å²) in [5, 5.41) is 1.34. The fourth-order valence-corrected chi connectivity index (χ4v) is 6.40. The van der Waals surface area contributed by atoms with E-state index < -0.39 is 0 Å². The van der Waals surface area contributed by atoms with E-state index in [1.54, 1.807) is 4.90 Å². The Morgan fingerprint density at radius 2 is 1.79 bits per heavy atom. The Bertz CT molecular complexity index is 1060. The summed E-state index contributed by atoms with van der Waals surface area (Å²) in [7, 11) is 0. The van der Waals surface area contributed by atoms with Crippen LogP contribution in [0, 0.1) is 0 Å². The number of benzene rings is 2. The van der Waals surface area contributed by atoms with Gasteiger partial charge < -0.3 is 17.3 Å². The van der Waals surface area contributed by atoms with Crippen LogP contribution >= 0.6 is 0 Å². The predicted molar refractivity (Wildman–Crippen MR) is 111 cm³/mol. The number of nitrogens with zero attached hydrogens (tertiary/aromatic N) is 1. The quantitative estimate of drug-likeness (QED) is 0.672. The minimum absolute atomic E-state index is 0. The lowest BCUT2D eigenvalue weighted by Crippen LogP contribution is -3.16. The van der Waals surface area contributed by atoms with Crippen molar-refractivity contribution in [1.29, 1.82) is 0 Å². The predicted octanol–water partition coefficient (Wildman–Crippen LogP) is 0.898. The highest BCUT2D eigenvalue weighted by atomic mass is 35.5. The summed E-state index contributed by atoms with van der Waals surface area (Å²) >= 11 is 0. The first-order valence-corrected chi connectivity index (χ1v) is 10.9. The molecular formula is C25H27ClN2O. The van der Waals surface area contributed by atoms with Gasteiger partial charge in [-0.05, 0) is 30.9 Å². The van der Waals surface area contributed by atoms with E-state index in [0.29, 0.717) is 30.2 Å². The summed E-state index contributed by atoms with van der Waals surface area (Å²) in [6.07, 6.45) is 5.51. The maximum Gasteiger partial charge on any atom is 0.231 e. The molecule has 3 heterocycles. The summed E-state index contributed by atoms with van der Waals surface area (Å²) < 4.78 is 2.10. The molecule has 1 aliphatic carbocycles.